The van der Waals surface area contributed by atoms with Crippen molar-refractivity contribution >= 4 is 5.91 Å². The second kappa shape index (κ2) is 8.51. The molecule has 3 unspecified atom stereocenters. The van der Waals surface area contributed by atoms with E-state index in [0.29, 0.717) is 19.8 Å². The van der Waals surface area contributed by atoms with E-state index in [1.54, 1.807) is 14.2 Å². The lowest BCUT2D eigenvalue weighted by atomic mass is 9.85. The van der Waals surface area contributed by atoms with Gasteiger partial charge in [0.15, 0.2) is 0 Å². The van der Waals surface area contributed by atoms with Gasteiger partial charge in [0, 0.05) is 32.7 Å². The average Bonchev–Trinajstić information content (AvgIpc) is 2.39. The standard InChI is InChI=1S/C14H28N2O3/c1-11(10-19-3)16(7-8-18-2)14(17)12-5-4-6-13(15)9-12/h11-13H,4-10,15H2,1-3H3. The van der Waals surface area contributed by atoms with E-state index in [1.807, 2.05) is 11.8 Å². The van der Waals surface area contributed by atoms with Crippen molar-refractivity contribution in [3.63, 3.8) is 0 Å². The maximum absolute atomic E-state index is 12.6. The van der Waals surface area contributed by atoms with Crippen LogP contribution in [-0.2, 0) is 14.3 Å². The Morgan fingerprint density at radius 2 is 2.11 bits per heavy atom. The van der Waals surface area contributed by atoms with Gasteiger partial charge < -0.3 is 20.1 Å². The molecule has 1 fully saturated rings. The van der Waals surface area contributed by atoms with Crippen LogP contribution in [-0.4, -0.2) is 56.9 Å². The van der Waals surface area contributed by atoms with E-state index in [0.717, 1.165) is 25.7 Å². The Balaban J connectivity index is 2.63. The number of nitrogens with two attached hydrogens (primary N) is 1. The molecule has 3 atom stereocenters. The maximum Gasteiger partial charge on any atom is 0.226 e. The molecular weight excluding hydrogens is 244 g/mol. The lowest BCUT2D eigenvalue weighted by molar-refractivity contribution is -0.140. The first-order chi connectivity index (χ1) is 9.10. The Hall–Kier alpha value is -0.650. The minimum Gasteiger partial charge on any atom is -0.383 e. The van der Waals surface area contributed by atoms with E-state index in [-0.39, 0.29) is 23.9 Å². The number of amides is 1. The molecule has 112 valence electrons. The van der Waals surface area contributed by atoms with Crippen molar-refractivity contribution in [3.8, 4) is 0 Å². The van der Waals surface area contributed by atoms with Crippen molar-refractivity contribution in [2.45, 2.75) is 44.7 Å². The topological polar surface area (TPSA) is 64.8 Å². The molecule has 0 aromatic carbocycles. The van der Waals surface area contributed by atoms with Gasteiger partial charge in [0.1, 0.15) is 0 Å². The molecule has 5 nitrogen and oxygen atoms in total. The Bertz CT molecular complexity index is 273. The molecule has 1 aliphatic carbocycles. The number of methoxy groups -OCH3 is 2. The normalized spacial score (nSPS) is 25.1. The van der Waals surface area contributed by atoms with Gasteiger partial charge in [0.2, 0.25) is 5.91 Å². The van der Waals surface area contributed by atoms with E-state index in [1.165, 1.54) is 0 Å². The zero-order valence-corrected chi connectivity index (χ0v) is 12.4. The Morgan fingerprint density at radius 1 is 1.37 bits per heavy atom. The van der Waals surface area contributed by atoms with Gasteiger partial charge in [-0.3, -0.25) is 4.79 Å². The van der Waals surface area contributed by atoms with Gasteiger partial charge in [0.05, 0.1) is 19.3 Å². The minimum atomic E-state index is 0.0694. The molecule has 0 aromatic heterocycles. The zero-order valence-electron chi connectivity index (χ0n) is 12.4. The fourth-order valence-corrected chi connectivity index (χ4v) is 2.75. The van der Waals surface area contributed by atoms with Crippen LogP contribution in [0.15, 0.2) is 0 Å². The molecule has 0 saturated heterocycles. The average molecular weight is 272 g/mol. The molecule has 0 radical (unpaired) electrons. The molecule has 1 aliphatic rings. The quantitative estimate of drug-likeness (QED) is 0.751. The van der Waals surface area contributed by atoms with Crippen LogP contribution in [0.1, 0.15) is 32.6 Å². The summed E-state index contributed by atoms with van der Waals surface area (Å²) in [5.41, 5.74) is 5.98. The zero-order chi connectivity index (χ0) is 14.3. The van der Waals surface area contributed by atoms with Gasteiger partial charge in [-0.25, -0.2) is 0 Å². The third-order valence-corrected chi connectivity index (χ3v) is 3.82. The van der Waals surface area contributed by atoms with Gasteiger partial charge in [-0.2, -0.15) is 0 Å². The van der Waals surface area contributed by atoms with E-state index in [4.69, 9.17) is 15.2 Å². The molecule has 1 rings (SSSR count). The first kappa shape index (κ1) is 16.4. The van der Waals surface area contributed by atoms with Gasteiger partial charge in [-0.05, 0) is 26.2 Å². The minimum absolute atomic E-state index is 0.0694. The van der Waals surface area contributed by atoms with Crippen LogP contribution in [0.25, 0.3) is 0 Å². The van der Waals surface area contributed by atoms with Crippen LogP contribution in [0, 0.1) is 5.92 Å². The second-order valence-electron chi connectivity index (χ2n) is 5.45. The van der Waals surface area contributed by atoms with Gasteiger partial charge in [-0.15, -0.1) is 0 Å². The summed E-state index contributed by atoms with van der Waals surface area (Å²) in [5.74, 6) is 0.275. The van der Waals surface area contributed by atoms with Crippen molar-refractivity contribution in [2.24, 2.45) is 11.7 Å². The Morgan fingerprint density at radius 3 is 2.68 bits per heavy atom. The molecule has 1 saturated carbocycles. The molecule has 0 aliphatic heterocycles. The number of carbonyl (C=O) groups excluding carboxylic acids is 1. The van der Waals surface area contributed by atoms with Crippen LogP contribution in [0.5, 0.6) is 0 Å². The summed E-state index contributed by atoms with van der Waals surface area (Å²) in [5, 5.41) is 0. The fraction of sp³-hybridized carbons (Fsp3) is 0.929. The highest BCUT2D eigenvalue weighted by Gasteiger charge is 2.30. The third-order valence-electron chi connectivity index (χ3n) is 3.82. The summed E-state index contributed by atoms with van der Waals surface area (Å²) < 4.78 is 10.3. The fourth-order valence-electron chi connectivity index (χ4n) is 2.75. The van der Waals surface area contributed by atoms with Crippen molar-refractivity contribution in [1.29, 1.82) is 0 Å². The number of rotatable bonds is 7. The molecule has 1 amide bonds. The van der Waals surface area contributed by atoms with Crippen LogP contribution in [0.2, 0.25) is 0 Å². The highest BCUT2D eigenvalue weighted by atomic mass is 16.5. The molecule has 19 heavy (non-hydrogen) atoms. The summed E-state index contributed by atoms with van der Waals surface area (Å²) in [6.07, 6.45) is 3.85. The number of hydrogen-bond donors (Lipinski definition) is 1. The smallest absolute Gasteiger partial charge is 0.226 e. The van der Waals surface area contributed by atoms with E-state index in [2.05, 4.69) is 0 Å². The highest BCUT2D eigenvalue weighted by Crippen LogP contribution is 2.25. The summed E-state index contributed by atoms with van der Waals surface area (Å²) in [4.78, 5) is 14.5. The van der Waals surface area contributed by atoms with Crippen LogP contribution >= 0.6 is 0 Å². The van der Waals surface area contributed by atoms with Crippen molar-refractivity contribution in [1.82, 2.24) is 4.90 Å². The largest absolute Gasteiger partial charge is 0.383 e. The molecule has 0 aromatic rings. The highest BCUT2D eigenvalue weighted by molar-refractivity contribution is 5.79. The predicted octanol–water partition coefficient (Wildman–Crippen LogP) is 1.01. The maximum atomic E-state index is 12.6. The second-order valence-corrected chi connectivity index (χ2v) is 5.45. The predicted molar refractivity (Wildman–Crippen MR) is 74.9 cm³/mol. The first-order valence-electron chi connectivity index (χ1n) is 7.14. The van der Waals surface area contributed by atoms with Crippen molar-refractivity contribution < 1.29 is 14.3 Å². The van der Waals surface area contributed by atoms with Crippen molar-refractivity contribution in [3.05, 3.63) is 0 Å². The van der Waals surface area contributed by atoms with Crippen LogP contribution in [0.4, 0.5) is 0 Å². The van der Waals surface area contributed by atoms with Gasteiger partial charge in [0.25, 0.3) is 0 Å². The summed E-state index contributed by atoms with van der Waals surface area (Å²) in [7, 11) is 3.31. The van der Waals surface area contributed by atoms with Gasteiger partial charge in [-0.1, -0.05) is 6.42 Å². The van der Waals surface area contributed by atoms with Crippen molar-refractivity contribution in [2.75, 3.05) is 34.0 Å². The summed E-state index contributed by atoms with van der Waals surface area (Å²) in [6.45, 7) is 3.73. The summed E-state index contributed by atoms with van der Waals surface area (Å²) >= 11 is 0. The van der Waals surface area contributed by atoms with Gasteiger partial charge >= 0.3 is 0 Å². The lowest BCUT2D eigenvalue weighted by Gasteiger charge is -2.34. The van der Waals surface area contributed by atoms with E-state index < -0.39 is 0 Å². The Labute approximate surface area is 116 Å². The monoisotopic (exact) mass is 272 g/mol. The van der Waals surface area contributed by atoms with E-state index >= 15 is 0 Å². The molecular formula is C14H28N2O3. The molecule has 0 bridgehead atoms. The number of ether oxygens (including phenoxy) is 2. The molecule has 0 spiro atoms. The number of carbonyl (C=O) groups is 1. The van der Waals surface area contributed by atoms with Crippen LogP contribution < -0.4 is 5.73 Å². The molecule has 5 heteroatoms. The number of hydrogen-bond acceptors (Lipinski definition) is 4. The number of nitrogens with zero attached hydrogens (tertiary/aromatic N) is 1. The summed E-state index contributed by atoms with van der Waals surface area (Å²) in [6, 6.07) is 0.246. The van der Waals surface area contributed by atoms with Crippen LogP contribution in [0.3, 0.4) is 0 Å². The lowest BCUT2D eigenvalue weighted by Crippen LogP contribution is -2.47. The Kier molecular flexibility index (Phi) is 7.34. The van der Waals surface area contributed by atoms with E-state index in [9.17, 15) is 4.79 Å². The molecule has 2 N–H and O–H groups in total. The first-order valence-corrected chi connectivity index (χ1v) is 7.14. The third kappa shape index (κ3) is 5.09. The SMILES string of the molecule is COCCN(C(=O)C1CCCC(N)C1)C(C)COC. The molecule has 0 heterocycles.